The maximum atomic E-state index is 12.2. The van der Waals surface area contributed by atoms with Gasteiger partial charge in [-0.25, -0.2) is 4.98 Å². The van der Waals surface area contributed by atoms with Crippen molar-refractivity contribution in [3.8, 4) is 17.0 Å². The molecule has 3 rings (SSSR count). The van der Waals surface area contributed by atoms with Gasteiger partial charge in [0.2, 0.25) is 0 Å². The molecule has 1 amide bonds. The molecule has 0 saturated heterocycles. The van der Waals surface area contributed by atoms with Gasteiger partial charge < -0.3 is 4.74 Å². The molecule has 140 valence electrons. The van der Waals surface area contributed by atoms with E-state index in [2.05, 4.69) is 26.2 Å². The quantitative estimate of drug-likeness (QED) is 0.490. The Morgan fingerprint density at radius 2 is 1.81 bits per heavy atom. The summed E-state index contributed by atoms with van der Waals surface area (Å²) in [6, 6.07) is 11.6. The molecule has 0 radical (unpaired) electrons. The molecule has 4 nitrogen and oxygen atoms in total. The van der Waals surface area contributed by atoms with Gasteiger partial charge in [-0.15, -0.1) is 11.3 Å². The monoisotopic (exact) mass is 464 g/mol. The van der Waals surface area contributed by atoms with Gasteiger partial charge in [0.15, 0.2) is 11.7 Å². The fraction of sp³-hybridized carbons (Fsp3) is 0.200. The van der Waals surface area contributed by atoms with Crippen molar-refractivity contribution in [2.75, 3.05) is 11.9 Å². The number of anilines is 1. The van der Waals surface area contributed by atoms with Crippen molar-refractivity contribution in [3.05, 3.63) is 61.9 Å². The number of nitrogens with zero attached hydrogens (tertiary/aromatic N) is 1. The van der Waals surface area contributed by atoms with Crippen LogP contribution in [0.15, 0.2) is 40.9 Å². The topological polar surface area (TPSA) is 51.2 Å². The number of thiazole rings is 1. The normalized spacial score (nSPS) is 10.7. The Balaban J connectivity index is 1.65. The minimum absolute atomic E-state index is 0.0905. The van der Waals surface area contributed by atoms with Gasteiger partial charge in [-0.1, -0.05) is 39.7 Å². The maximum absolute atomic E-state index is 12.2. The molecule has 27 heavy (non-hydrogen) atoms. The van der Waals surface area contributed by atoms with Crippen LogP contribution in [-0.4, -0.2) is 17.5 Å². The molecular weight excluding hydrogens is 448 g/mol. The van der Waals surface area contributed by atoms with E-state index in [4.69, 9.17) is 16.3 Å². The lowest BCUT2D eigenvalue weighted by Crippen LogP contribution is -2.20. The average Bonchev–Trinajstić information content (AvgIpc) is 2.98. The number of nitrogens with one attached hydrogen (secondary N) is 1. The number of aryl methyl sites for hydroxylation is 3. The minimum atomic E-state index is -0.253. The predicted octanol–water partition coefficient (Wildman–Crippen LogP) is 6.17. The first-order valence-electron chi connectivity index (χ1n) is 8.26. The fourth-order valence-corrected chi connectivity index (χ4v) is 3.84. The molecule has 0 aliphatic rings. The molecule has 0 bridgehead atoms. The number of amides is 1. The second-order valence-electron chi connectivity index (χ2n) is 6.14. The van der Waals surface area contributed by atoms with Gasteiger partial charge in [-0.2, -0.15) is 0 Å². The van der Waals surface area contributed by atoms with Crippen molar-refractivity contribution in [1.29, 1.82) is 0 Å². The van der Waals surface area contributed by atoms with E-state index in [1.165, 1.54) is 11.3 Å². The molecule has 7 heteroatoms. The van der Waals surface area contributed by atoms with Crippen LogP contribution in [0.3, 0.4) is 0 Å². The smallest absolute Gasteiger partial charge is 0.264 e. The van der Waals surface area contributed by atoms with Crippen molar-refractivity contribution in [2.24, 2.45) is 0 Å². The van der Waals surface area contributed by atoms with Crippen molar-refractivity contribution in [2.45, 2.75) is 20.8 Å². The highest BCUT2D eigenvalue weighted by Crippen LogP contribution is 2.31. The Labute approximate surface area is 175 Å². The highest BCUT2D eigenvalue weighted by molar-refractivity contribution is 9.10. The minimum Gasteiger partial charge on any atom is -0.484 e. The van der Waals surface area contributed by atoms with E-state index in [-0.39, 0.29) is 12.5 Å². The number of carbonyl (C=O) groups is 1. The number of hydrogen-bond donors (Lipinski definition) is 1. The molecule has 0 atom stereocenters. The van der Waals surface area contributed by atoms with Crippen LogP contribution in [0.25, 0.3) is 11.3 Å². The molecule has 1 N–H and O–H groups in total. The molecule has 1 aromatic heterocycles. The Bertz CT molecular complexity index is 963. The first-order chi connectivity index (χ1) is 12.8. The zero-order chi connectivity index (χ0) is 19.6. The summed E-state index contributed by atoms with van der Waals surface area (Å²) in [5.41, 5.74) is 3.71. The lowest BCUT2D eigenvalue weighted by Gasteiger charge is -2.09. The zero-order valence-electron chi connectivity index (χ0n) is 15.1. The van der Waals surface area contributed by atoms with Gasteiger partial charge in [-0.3, -0.25) is 10.1 Å². The molecule has 0 spiro atoms. The Hall–Kier alpha value is -1.89. The van der Waals surface area contributed by atoms with Gasteiger partial charge in [0.05, 0.1) is 5.69 Å². The maximum Gasteiger partial charge on any atom is 0.264 e. The van der Waals surface area contributed by atoms with E-state index in [1.54, 1.807) is 0 Å². The van der Waals surface area contributed by atoms with E-state index in [9.17, 15) is 4.79 Å². The van der Waals surface area contributed by atoms with Gasteiger partial charge in [-0.05, 0) is 56.2 Å². The highest BCUT2D eigenvalue weighted by atomic mass is 79.9. The molecule has 0 unspecified atom stereocenters. The molecular formula is C20H18BrClN2O2S. The van der Waals surface area contributed by atoms with Crippen LogP contribution in [-0.2, 0) is 4.79 Å². The van der Waals surface area contributed by atoms with E-state index in [1.807, 2.05) is 57.2 Å². The summed E-state index contributed by atoms with van der Waals surface area (Å²) in [7, 11) is 0. The van der Waals surface area contributed by atoms with Crippen LogP contribution in [0.4, 0.5) is 5.13 Å². The van der Waals surface area contributed by atoms with Gasteiger partial charge >= 0.3 is 0 Å². The number of halogens is 2. The van der Waals surface area contributed by atoms with Crippen molar-refractivity contribution in [1.82, 2.24) is 4.98 Å². The molecule has 0 fully saturated rings. The van der Waals surface area contributed by atoms with Crippen LogP contribution in [0.2, 0.25) is 5.02 Å². The lowest BCUT2D eigenvalue weighted by atomic mass is 10.1. The van der Waals surface area contributed by atoms with Crippen molar-refractivity contribution < 1.29 is 9.53 Å². The molecule has 1 heterocycles. The second-order valence-corrected chi connectivity index (χ2v) is 8.64. The second kappa shape index (κ2) is 8.42. The summed E-state index contributed by atoms with van der Waals surface area (Å²) in [6.45, 7) is 5.71. The fourth-order valence-electron chi connectivity index (χ4n) is 2.62. The van der Waals surface area contributed by atoms with Crippen LogP contribution < -0.4 is 10.1 Å². The van der Waals surface area contributed by atoms with Gasteiger partial charge in [0.1, 0.15) is 5.75 Å². The summed E-state index contributed by atoms with van der Waals surface area (Å²) in [4.78, 5) is 17.8. The van der Waals surface area contributed by atoms with Gasteiger partial charge in [0, 0.05) is 19.9 Å². The van der Waals surface area contributed by atoms with Crippen LogP contribution >= 0.6 is 38.9 Å². The van der Waals surface area contributed by atoms with E-state index >= 15 is 0 Å². The number of rotatable bonds is 5. The summed E-state index contributed by atoms with van der Waals surface area (Å²) in [5.74, 6) is 0.367. The Kier molecular flexibility index (Phi) is 6.19. The zero-order valence-corrected chi connectivity index (χ0v) is 18.3. The number of ether oxygens (including phenoxy) is 1. The van der Waals surface area contributed by atoms with E-state index in [0.717, 1.165) is 31.7 Å². The number of benzene rings is 2. The predicted molar refractivity (Wildman–Crippen MR) is 115 cm³/mol. The van der Waals surface area contributed by atoms with Crippen LogP contribution in [0, 0.1) is 20.8 Å². The van der Waals surface area contributed by atoms with Crippen LogP contribution in [0.1, 0.15) is 16.0 Å². The molecule has 3 aromatic rings. The van der Waals surface area contributed by atoms with Gasteiger partial charge in [0.25, 0.3) is 5.91 Å². The molecule has 2 aromatic carbocycles. The molecule has 0 aliphatic heterocycles. The number of aromatic nitrogens is 1. The summed E-state index contributed by atoms with van der Waals surface area (Å²) in [5, 5.41) is 4.07. The number of hydrogen-bond acceptors (Lipinski definition) is 4. The lowest BCUT2D eigenvalue weighted by molar-refractivity contribution is -0.118. The Morgan fingerprint density at radius 1 is 1.19 bits per heavy atom. The first kappa shape index (κ1) is 19.9. The van der Waals surface area contributed by atoms with E-state index < -0.39 is 0 Å². The third kappa shape index (κ3) is 4.89. The standard InChI is InChI=1S/C20H18BrClN2O2S/c1-11-8-16(9-12(2)18(11)22)26-10-17(25)23-20-24-19(13(3)27-20)14-4-6-15(21)7-5-14/h4-9H,10H2,1-3H3,(H,23,24,25). The number of carbonyl (C=O) groups excluding carboxylic acids is 1. The molecule has 0 saturated carbocycles. The summed E-state index contributed by atoms with van der Waals surface area (Å²) < 4.78 is 6.60. The van der Waals surface area contributed by atoms with E-state index in [0.29, 0.717) is 15.9 Å². The van der Waals surface area contributed by atoms with Crippen molar-refractivity contribution in [3.63, 3.8) is 0 Å². The summed E-state index contributed by atoms with van der Waals surface area (Å²) in [6.07, 6.45) is 0. The summed E-state index contributed by atoms with van der Waals surface area (Å²) >= 11 is 11.0. The van der Waals surface area contributed by atoms with Crippen LogP contribution in [0.5, 0.6) is 5.75 Å². The SMILES string of the molecule is Cc1cc(OCC(=O)Nc2nc(-c3ccc(Br)cc3)c(C)s2)cc(C)c1Cl. The largest absolute Gasteiger partial charge is 0.484 e. The molecule has 0 aliphatic carbocycles. The highest BCUT2D eigenvalue weighted by Gasteiger charge is 2.13. The first-order valence-corrected chi connectivity index (χ1v) is 10.2. The third-order valence-electron chi connectivity index (χ3n) is 3.94. The average molecular weight is 466 g/mol. The third-order valence-corrected chi connectivity index (χ3v) is 5.95. The van der Waals surface area contributed by atoms with Crippen molar-refractivity contribution >= 4 is 49.9 Å². The Morgan fingerprint density at radius 3 is 2.44 bits per heavy atom.